The molecule has 2 aromatic carbocycles. The van der Waals surface area contributed by atoms with Gasteiger partial charge in [-0.3, -0.25) is 4.79 Å². The molecule has 30 heavy (non-hydrogen) atoms. The summed E-state index contributed by atoms with van der Waals surface area (Å²) in [6.45, 7) is 4.96. The topological polar surface area (TPSA) is 81.7 Å². The van der Waals surface area contributed by atoms with Gasteiger partial charge in [-0.1, -0.05) is 6.07 Å². The van der Waals surface area contributed by atoms with E-state index in [2.05, 4.69) is 5.32 Å². The van der Waals surface area contributed by atoms with E-state index >= 15 is 0 Å². The summed E-state index contributed by atoms with van der Waals surface area (Å²) < 4.78 is 37.8. The second-order valence-corrected chi connectivity index (χ2v) is 7.50. The van der Waals surface area contributed by atoms with E-state index in [0.717, 1.165) is 23.9 Å². The van der Waals surface area contributed by atoms with E-state index in [1.54, 1.807) is 13.8 Å². The lowest BCUT2D eigenvalue weighted by Crippen LogP contribution is -2.23. The molecule has 0 saturated carbocycles. The number of thioether (sulfide) groups is 1. The Hall–Kier alpha value is -2.94. The Balaban J connectivity index is 2.27. The van der Waals surface area contributed by atoms with Crippen LogP contribution in [-0.2, 0) is 9.53 Å². The average molecular weight is 437 g/mol. The zero-order chi connectivity index (χ0) is 22.3. The first kappa shape index (κ1) is 23.3. The molecule has 1 N–H and O–H groups in total. The molecule has 0 atom stereocenters. The monoisotopic (exact) mass is 437 g/mol. The summed E-state index contributed by atoms with van der Waals surface area (Å²) in [4.78, 5) is 35.4. The van der Waals surface area contributed by atoms with Crippen LogP contribution in [0.5, 0.6) is 5.75 Å². The van der Waals surface area contributed by atoms with E-state index < -0.39 is 29.0 Å². The van der Waals surface area contributed by atoms with Crippen molar-refractivity contribution < 1.29 is 32.6 Å². The smallest absolute Gasteiger partial charge is 0.372 e. The molecule has 2 rings (SSSR count). The van der Waals surface area contributed by atoms with E-state index in [4.69, 9.17) is 9.47 Å². The zero-order valence-electron chi connectivity index (χ0n) is 16.7. The molecule has 0 saturated heterocycles. The molecule has 0 aliphatic heterocycles. The molecule has 0 spiro atoms. The maximum atomic E-state index is 14.1. The van der Waals surface area contributed by atoms with Crippen LogP contribution in [0.3, 0.4) is 0 Å². The number of carbonyl (C=O) groups excluding carboxylic acids is 3. The summed E-state index contributed by atoms with van der Waals surface area (Å²) in [6, 6.07) is 7.21. The molecule has 0 fully saturated rings. The number of ether oxygens (including phenoxy) is 2. The van der Waals surface area contributed by atoms with Gasteiger partial charge in [-0.15, -0.1) is 0 Å². The Kier molecular flexibility index (Phi) is 8.35. The number of nitrogens with one attached hydrogen (secondary N) is 1. The number of hydrogen-bond donors (Lipinski definition) is 1. The van der Waals surface area contributed by atoms with Crippen LogP contribution in [0.4, 0.5) is 13.6 Å². The fourth-order valence-corrected chi connectivity index (χ4v) is 2.95. The second-order valence-electron chi connectivity index (χ2n) is 6.47. The summed E-state index contributed by atoms with van der Waals surface area (Å²) in [5.41, 5.74) is 0.305. The van der Waals surface area contributed by atoms with E-state index in [1.807, 2.05) is 0 Å². The van der Waals surface area contributed by atoms with Gasteiger partial charge in [0.05, 0.1) is 6.10 Å². The summed E-state index contributed by atoms with van der Waals surface area (Å²) in [6.07, 6.45) is -0.431. The normalized spacial score (nSPS) is 10.6. The molecule has 160 valence electrons. The maximum absolute atomic E-state index is 14.1. The van der Waals surface area contributed by atoms with Crippen LogP contribution in [0.15, 0.2) is 36.4 Å². The molecule has 0 aliphatic carbocycles. The first-order chi connectivity index (χ1) is 14.2. The van der Waals surface area contributed by atoms with Gasteiger partial charge in [0.25, 0.3) is 0 Å². The van der Waals surface area contributed by atoms with Gasteiger partial charge in [-0.2, -0.15) is 0 Å². The molecule has 2 aromatic rings. The lowest BCUT2D eigenvalue weighted by atomic mass is 10.0. The van der Waals surface area contributed by atoms with Crippen molar-refractivity contribution in [2.45, 2.75) is 26.9 Å². The van der Waals surface area contributed by atoms with E-state index in [1.165, 1.54) is 31.2 Å². The number of rotatable bonds is 7. The fourth-order valence-electron chi connectivity index (χ4n) is 2.43. The molecule has 6 nitrogen and oxygen atoms in total. The van der Waals surface area contributed by atoms with Crippen LogP contribution in [-0.4, -0.2) is 35.6 Å². The Morgan fingerprint density at radius 3 is 2.47 bits per heavy atom. The molecule has 0 radical (unpaired) electrons. The molecule has 0 aromatic heterocycles. The van der Waals surface area contributed by atoms with Crippen molar-refractivity contribution >= 4 is 28.9 Å². The van der Waals surface area contributed by atoms with Gasteiger partial charge in [0.2, 0.25) is 5.91 Å². The Morgan fingerprint density at radius 1 is 1.10 bits per heavy atom. The molecule has 0 unspecified atom stereocenters. The van der Waals surface area contributed by atoms with Gasteiger partial charge >= 0.3 is 11.3 Å². The van der Waals surface area contributed by atoms with Crippen molar-refractivity contribution in [3.63, 3.8) is 0 Å². The predicted molar refractivity (Wildman–Crippen MR) is 110 cm³/mol. The van der Waals surface area contributed by atoms with Crippen molar-refractivity contribution in [3.05, 3.63) is 53.6 Å². The molecule has 9 heteroatoms. The first-order valence-electron chi connectivity index (χ1n) is 9.07. The van der Waals surface area contributed by atoms with Crippen molar-refractivity contribution in [2.24, 2.45) is 0 Å². The average Bonchev–Trinajstić information content (AvgIpc) is 2.65. The number of carbonyl (C=O) groups is 3. The molecule has 1 amide bonds. The van der Waals surface area contributed by atoms with E-state index in [9.17, 15) is 23.2 Å². The Morgan fingerprint density at radius 2 is 1.83 bits per heavy atom. The third kappa shape index (κ3) is 6.84. The van der Waals surface area contributed by atoms with Crippen molar-refractivity contribution in [3.8, 4) is 16.9 Å². The van der Waals surface area contributed by atoms with Crippen LogP contribution in [0.25, 0.3) is 11.1 Å². The van der Waals surface area contributed by atoms with Gasteiger partial charge < -0.3 is 14.8 Å². The SMILES string of the molecule is CC(=O)NCCSC(=O)Oc1ccc(-c2ccc(F)cc2F)cc1C(=O)OC(C)C. The van der Waals surface area contributed by atoms with Gasteiger partial charge in [0.1, 0.15) is 22.9 Å². The third-order valence-corrected chi connectivity index (χ3v) is 4.40. The van der Waals surface area contributed by atoms with Gasteiger partial charge in [-0.05, 0) is 55.4 Å². The fraction of sp³-hybridized carbons (Fsp3) is 0.286. The lowest BCUT2D eigenvalue weighted by Gasteiger charge is -2.14. The standard InChI is InChI=1S/C21H21F2NO5S/c1-12(2)28-20(26)17-10-14(16-6-5-15(22)11-18(16)23)4-7-19(17)29-21(27)30-9-8-24-13(3)25/h4-7,10-12H,8-9H2,1-3H3,(H,24,25). The van der Waals surface area contributed by atoms with Crippen molar-refractivity contribution in [1.29, 1.82) is 0 Å². The molecular formula is C21H21F2NO5S. The molecule has 0 heterocycles. The van der Waals surface area contributed by atoms with Gasteiger partial charge in [0.15, 0.2) is 0 Å². The highest BCUT2D eigenvalue weighted by molar-refractivity contribution is 8.13. The Bertz CT molecular complexity index is 949. The van der Waals surface area contributed by atoms with Crippen LogP contribution < -0.4 is 10.1 Å². The molecule has 0 aliphatic rings. The minimum atomic E-state index is -0.795. The van der Waals surface area contributed by atoms with Gasteiger partial charge in [0, 0.05) is 30.9 Å². The number of benzene rings is 2. The van der Waals surface area contributed by atoms with E-state index in [-0.39, 0.29) is 35.1 Å². The van der Waals surface area contributed by atoms with Crippen LogP contribution in [0.2, 0.25) is 0 Å². The van der Waals surface area contributed by atoms with Crippen LogP contribution in [0, 0.1) is 11.6 Å². The summed E-state index contributed by atoms with van der Waals surface area (Å²) >= 11 is 0.823. The van der Waals surface area contributed by atoms with E-state index in [0.29, 0.717) is 5.56 Å². The molecular weight excluding hydrogens is 416 g/mol. The third-order valence-electron chi connectivity index (χ3n) is 3.67. The Labute approximate surface area is 176 Å². The number of halogens is 2. The number of hydrogen-bond acceptors (Lipinski definition) is 6. The minimum absolute atomic E-state index is 0.0519. The minimum Gasteiger partial charge on any atom is -0.459 e. The predicted octanol–water partition coefficient (Wildman–Crippen LogP) is 4.57. The lowest BCUT2D eigenvalue weighted by molar-refractivity contribution is -0.118. The first-order valence-corrected chi connectivity index (χ1v) is 10.1. The van der Waals surface area contributed by atoms with Crippen LogP contribution in [0.1, 0.15) is 31.1 Å². The summed E-state index contributed by atoms with van der Waals surface area (Å²) in [5, 5.41) is 1.87. The number of amides is 1. The number of esters is 1. The zero-order valence-corrected chi connectivity index (χ0v) is 17.5. The second kappa shape index (κ2) is 10.7. The van der Waals surface area contributed by atoms with Gasteiger partial charge in [-0.25, -0.2) is 18.4 Å². The highest BCUT2D eigenvalue weighted by Crippen LogP contribution is 2.30. The van der Waals surface area contributed by atoms with Crippen molar-refractivity contribution in [2.75, 3.05) is 12.3 Å². The van der Waals surface area contributed by atoms with Crippen molar-refractivity contribution in [1.82, 2.24) is 5.32 Å². The summed E-state index contributed by atoms with van der Waals surface area (Å²) in [5.74, 6) is -2.26. The highest BCUT2D eigenvalue weighted by Gasteiger charge is 2.20. The maximum Gasteiger partial charge on any atom is 0.372 e. The quantitative estimate of drug-likeness (QED) is 0.505. The summed E-state index contributed by atoms with van der Waals surface area (Å²) in [7, 11) is 0. The highest BCUT2D eigenvalue weighted by atomic mass is 32.2. The van der Waals surface area contributed by atoms with Crippen LogP contribution >= 0.6 is 11.8 Å². The molecule has 0 bridgehead atoms. The largest absolute Gasteiger partial charge is 0.459 e.